The molecule has 2 aromatic rings. The largest absolute Gasteiger partial charge is 0.483 e. The highest BCUT2D eigenvalue weighted by atomic mass is 79.9. The van der Waals surface area contributed by atoms with Gasteiger partial charge in [0, 0.05) is 18.6 Å². The summed E-state index contributed by atoms with van der Waals surface area (Å²) >= 11 is 3.51. The Morgan fingerprint density at radius 3 is 2.38 bits per heavy atom. The van der Waals surface area contributed by atoms with Crippen LogP contribution in [0, 0.1) is 0 Å². The third-order valence-corrected chi connectivity index (χ3v) is 5.02. The number of carbonyl (C=O) groups is 1. The van der Waals surface area contributed by atoms with Crippen molar-refractivity contribution in [3.63, 3.8) is 0 Å². The van der Waals surface area contributed by atoms with Crippen molar-refractivity contribution in [1.82, 2.24) is 5.43 Å². The maximum atomic E-state index is 12.0. The van der Waals surface area contributed by atoms with E-state index >= 15 is 0 Å². The zero-order valence-corrected chi connectivity index (χ0v) is 16.9. The number of nitrogens with zero attached hydrogens (tertiary/aromatic N) is 1. The standard InChI is InChI=1S/C21H23BrN2O2/c1-21(2,3)16-8-9-19(18(22)12-16)26-13-20(25)24-23-17-10-14-6-4-5-7-15(14)11-17/h4-9,12H,10-11,13H2,1-3H3,(H,24,25). The second-order valence-electron chi connectivity index (χ2n) is 7.52. The van der Waals surface area contributed by atoms with Crippen molar-refractivity contribution in [3.05, 3.63) is 63.6 Å². The number of hydrazone groups is 1. The summed E-state index contributed by atoms with van der Waals surface area (Å²) in [5.74, 6) is 0.384. The second kappa shape index (κ2) is 7.62. The second-order valence-corrected chi connectivity index (χ2v) is 8.37. The number of rotatable bonds is 4. The van der Waals surface area contributed by atoms with Crippen LogP contribution in [-0.2, 0) is 23.1 Å². The average Bonchev–Trinajstić information content (AvgIpc) is 3.01. The molecule has 0 bridgehead atoms. The van der Waals surface area contributed by atoms with Crippen molar-refractivity contribution in [2.45, 2.75) is 39.0 Å². The predicted octanol–water partition coefficient (Wildman–Crippen LogP) is 4.40. The fourth-order valence-corrected chi connectivity index (χ4v) is 3.38. The summed E-state index contributed by atoms with van der Waals surface area (Å²) in [5, 5.41) is 4.24. The molecule has 0 aliphatic heterocycles. The highest BCUT2D eigenvalue weighted by molar-refractivity contribution is 9.10. The zero-order valence-electron chi connectivity index (χ0n) is 15.3. The molecule has 0 aromatic heterocycles. The fourth-order valence-electron chi connectivity index (χ4n) is 2.89. The highest BCUT2D eigenvalue weighted by Gasteiger charge is 2.17. The van der Waals surface area contributed by atoms with E-state index in [0.29, 0.717) is 5.75 Å². The van der Waals surface area contributed by atoms with Crippen molar-refractivity contribution in [1.29, 1.82) is 0 Å². The van der Waals surface area contributed by atoms with Crippen molar-refractivity contribution < 1.29 is 9.53 Å². The molecule has 0 atom stereocenters. The number of nitrogens with one attached hydrogen (secondary N) is 1. The van der Waals surface area contributed by atoms with E-state index in [4.69, 9.17) is 4.74 Å². The number of fused-ring (bicyclic) bond motifs is 1. The molecule has 136 valence electrons. The molecule has 1 aliphatic carbocycles. The highest BCUT2D eigenvalue weighted by Crippen LogP contribution is 2.31. The van der Waals surface area contributed by atoms with E-state index in [9.17, 15) is 4.79 Å². The van der Waals surface area contributed by atoms with Crippen molar-refractivity contribution in [2.24, 2.45) is 5.10 Å². The van der Waals surface area contributed by atoms with Gasteiger partial charge in [-0.2, -0.15) is 5.10 Å². The minimum absolute atomic E-state index is 0.0629. The van der Waals surface area contributed by atoms with E-state index in [1.165, 1.54) is 16.7 Å². The van der Waals surface area contributed by atoms with Gasteiger partial charge in [-0.15, -0.1) is 0 Å². The summed E-state index contributed by atoms with van der Waals surface area (Å²) in [6, 6.07) is 14.2. The van der Waals surface area contributed by atoms with E-state index in [1.54, 1.807) is 0 Å². The van der Waals surface area contributed by atoms with Crippen LogP contribution in [0.1, 0.15) is 37.5 Å². The van der Waals surface area contributed by atoms with Gasteiger partial charge in [-0.1, -0.05) is 51.1 Å². The zero-order chi connectivity index (χ0) is 18.7. The molecular weight excluding hydrogens is 392 g/mol. The first-order valence-corrected chi connectivity index (χ1v) is 9.46. The molecule has 5 heteroatoms. The molecule has 0 spiro atoms. The van der Waals surface area contributed by atoms with E-state index in [2.05, 4.69) is 59.4 Å². The molecule has 1 N–H and O–H groups in total. The van der Waals surface area contributed by atoms with Crippen molar-refractivity contribution in [2.75, 3.05) is 6.61 Å². The van der Waals surface area contributed by atoms with Crippen LogP contribution >= 0.6 is 15.9 Å². The third kappa shape index (κ3) is 4.52. The van der Waals surface area contributed by atoms with Gasteiger partial charge in [0.2, 0.25) is 0 Å². The molecule has 0 fully saturated rings. The molecule has 2 aromatic carbocycles. The van der Waals surface area contributed by atoms with Gasteiger partial charge in [0.15, 0.2) is 6.61 Å². The Bertz CT molecular complexity index is 826. The number of amides is 1. The smallest absolute Gasteiger partial charge is 0.277 e. The SMILES string of the molecule is CC(C)(C)c1ccc(OCC(=O)NN=C2Cc3ccccc3C2)c(Br)c1. The van der Waals surface area contributed by atoms with Crippen molar-refractivity contribution >= 4 is 27.5 Å². The molecule has 0 unspecified atom stereocenters. The Morgan fingerprint density at radius 2 is 1.81 bits per heavy atom. The van der Waals surface area contributed by atoms with Crippen LogP contribution in [0.4, 0.5) is 0 Å². The number of ether oxygens (including phenoxy) is 1. The van der Waals surface area contributed by atoms with Crippen LogP contribution in [0.15, 0.2) is 52.0 Å². The Hall–Kier alpha value is -2.14. The third-order valence-electron chi connectivity index (χ3n) is 4.40. The van der Waals surface area contributed by atoms with Gasteiger partial charge in [-0.25, -0.2) is 5.43 Å². The van der Waals surface area contributed by atoms with Gasteiger partial charge in [0.25, 0.3) is 5.91 Å². The van der Waals surface area contributed by atoms with Crippen LogP contribution in [0.5, 0.6) is 5.75 Å². The quantitative estimate of drug-likeness (QED) is 0.753. The van der Waals surface area contributed by atoms with Gasteiger partial charge >= 0.3 is 0 Å². The molecule has 1 amide bonds. The normalized spacial score (nSPS) is 13.3. The fraction of sp³-hybridized carbons (Fsp3) is 0.333. The lowest BCUT2D eigenvalue weighted by atomic mass is 9.87. The van der Waals surface area contributed by atoms with Crippen LogP contribution in [0.25, 0.3) is 0 Å². The van der Waals surface area contributed by atoms with E-state index in [1.807, 2.05) is 30.3 Å². The lowest BCUT2D eigenvalue weighted by Crippen LogP contribution is -2.26. The van der Waals surface area contributed by atoms with Crippen LogP contribution in [0.2, 0.25) is 0 Å². The van der Waals surface area contributed by atoms with Gasteiger partial charge in [-0.05, 0) is 50.2 Å². The predicted molar refractivity (Wildman–Crippen MR) is 108 cm³/mol. The molecule has 0 saturated heterocycles. The number of benzene rings is 2. The Morgan fingerprint density at radius 1 is 1.15 bits per heavy atom. The maximum absolute atomic E-state index is 12.0. The van der Waals surface area contributed by atoms with Crippen LogP contribution in [0.3, 0.4) is 0 Å². The maximum Gasteiger partial charge on any atom is 0.277 e. The summed E-state index contributed by atoms with van der Waals surface area (Å²) < 4.78 is 6.46. The Kier molecular flexibility index (Phi) is 5.47. The molecule has 0 saturated carbocycles. The number of halogens is 1. The summed E-state index contributed by atoms with van der Waals surface area (Å²) in [5.41, 5.74) is 7.38. The van der Waals surface area contributed by atoms with Gasteiger partial charge in [-0.3, -0.25) is 4.79 Å². The first-order chi connectivity index (χ1) is 12.3. The summed E-state index contributed by atoms with van der Waals surface area (Å²) in [4.78, 5) is 12.0. The molecule has 26 heavy (non-hydrogen) atoms. The van der Waals surface area contributed by atoms with Gasteiger partial charge in [0.1, 0.15) is 5.75 Å². The average molecular weight is 415 g/mol. The summed E-state index contributed by atoms with van der Waals surface area (Å²) in [6.07, 6.45) is 1.58. The first kappa shape index (κ1) is 18.6. The molecule has 0 heterocycles. The van der Waals surface area contributed by atoms with E-state index in [-0.39, 0.29) is 17.9 Å². The minimum atomic E-state index is -0.264. The molecule has 1 aliphatic rings. The summed E-state index contributed by atoms with van der Waals surface area (Å²) in [6.45, 7) is 6.40. The molecule has 0 radical (unpaired) electrons. The van der Waals surface area contributed by atoms with Gasteiger partial charge < -0.3 is 4.74 Å². The summed E-state index contributed by atoms with van der Waals surface area (Å²) in [7, 11) is 0. The number of hydrogen-bond donors (Lipinski definition) is 1. The minimum Gasteiger partial charge on any atom is -0.483 e. The Balaban J connectivity index is 1.53. The topological polar surface area (TPSA) is 50.7 Å². The number of hydrogen-bond acceptors (Lipinski definition) is 3. The molecule has 3 rings (SSSR count). The lowest BCUT2D eigenvalue weighted by Gasteiger charge is -2.20. The van der Waals surface area contributed by atoms with Crippen LogP contribution in [-0.4, -0.2) is 18.2 Å². The van der Waals surface area contributed by atoms with Crippen molar-refractivity contribution in [3.8, 4) is 5.75 Å². The monoisotopic (exact) mass is 414 g/mol. The molecular formula is C21H23BrN2O2. The van der Waals surface area contributed by atoms with E-state index in [0.717, 1.165) is 23.0 Å². The van der Waals surface area contributed by atoms with Crippen LogP contribution < -0.4 is 10.2 Å². The lowest BCUT2D eigenvalue weighted by molar-refractivity contribution is -0.123. The van der Waals surface area contributed by atoms with E-state index < -0.39 is 0 Å². The number of carbonyl (C=O) groups excluding carboxylic acids is 1. The first-order valence-electron chi connectivity index (χ1n) is 8.67. The Labute approximate surface area is 162 Å². The van der Waals surface area contributed by atoms with Gasteiger partial charge in [0.05, 0.1) is 4.47 Å². The molecule has 4 nitrogen and oxygen atoms in total.